The van der Waals surface area contributed by atoms with E-state index in [4.69, 9.17) is 0 Å². The van der Waals surface area contributed by atoms with Gasteiger partial charge in [-0.25, -0.2) is 4.98 Å². The van der Waals surface area contributed by atoms with Crippen LogP contribution in [-0.4, -0.2) is 31.1 Å². The molecular weight excluding hydrogens is 252 g/mol. The number of aromatic nitrogens is 5. The zero-order valence-corrected chi connectivity index (χ0v) is 10.6. The molecule has 1 aliphatic carbocycles. The zero-order chi connectivity index (χ0) is 12.5. The van der Waals surface area contributed by atoms with E-state index in [2.05, 4.69) is 25.7 Å². The Hall–Kier alpha value is -1.83. The number of thiazole rings is 1. The van der Waals surface area contributed by atoms with Gasteiger partial charge in [0.2, 0.25) is 5.91 Å². The van der Waals surface area contributed by atoms with E-state index in [1.807, 2.05) is 5.38 Å². The van der Waals surface area contributed by atoms with Crippen LogP contribution >= 0.6 is 11.3 Å². The van der Waals surface area contributed by atoms with Gasteiger partial charge in [0.05, 0.1) is 5.69 Å². The van der Waals surface area contributed by atoms with Gasteiger partial charge in [-0.05, 0) is 18.1 Å². The smallest absolute Gasteiger partial charge is 0.223 e. The molecule has 8 heteroatoms. The molecule has 0 saturated heterocycles. The number of nitrogens with zero attached hydrogens (tertiary/aromatic N) is 5. The van der Waals surface area contributed by atoms with Gasteiger partial charge in [0.25, 0.3) is 0 Å². The normalized spacial score (nSPS) is 14.7. The number of hydrogen-bond acceptors (Lipinski definition) is 6. The third kappa shape index (κ3) is 2.53. The lowest BCUT2D eigenvalue weighted by atomic mass is 10.4. The topological polar surface area (TPSA) is 85.6 Å². The van der Waals surface area contributed by atoms with Gasteiger partial charge in [0, 0.05) is 18.2 Å². The van der Waals surface area contributed by atoms with Crippen molar-refractivity contribution in [2.45, 2.75) is 32.2 Å². The average molecular weight is 264 g/mol. The second kappa shape index (κ2) is 4.45. The fourth-order valence-electron chi connectivity index (χ4n) is 1.56. The average Bonchev–Trinajstić information content (AvgIpc) is 2.92. The van der Waals surface area contributed by atoms with Crippen molar-refractivity contribution in [3.8, 4) is 0 Å². The molecule has 94 valence electrons. The Morgan fingerprint density at radius 2 is 2.44 bits per heavy atom. The monoisotopic (exact) mass is 264 g/mol. The summed E-state index contributed by atoms with van der Waals surface area (Å²) >= 11 is 1.39. The molecule has 1 N–H and O–H groups in total. The van der Waals surface area contributed by atoms with Crippen molar-refractivity contribution in [1.82, 2.24) is 25.2 Å². The Morgan fingerprint density at radius 1 is 1.61 bits per heavy atom. The van der Waals surface area contributed by atoms with Crippen LogP contribution in [0, 0.1) is 0 Å². The first-order valence-electron chi connectivity index (χ1n) is 5.70. The first-order chi connectivity index (χ1) is 8.70. The Balaban J connectivity index is 1.67. The quantitative estimate of drug-likeness (QED) is 0.890. The molecule has 2 aromatic rings. The molecule has 0 atom stereocenters. The number of rotatable bonds is 4. The molecule has 0 radical (unpaired) electrons. The molecule has 2 aromatic heterocycles. The van der Waals surface area contributed by atoms with Crippen LogP contribution in [0.2, 0.25) is 0 Å². The highest BCUT2D eigenvalue weighted by atomic mass is 32.1. The SMILES string of the molecule is CC(=O)Nc1nc(Cn2nnc(C3CC3)n2)cs1. The van der Waals surface area contributed by atoms with E-state index in [1.54, 1.807) is 4.80 Å². The van der Waals surface area contributed by atoms with Gasteiger partial charge in [0.1, 0.15) is 6.54 Å². The summed E-state index contributed by atoms with van der Waals surface area (Å²) in [6, 6.07) is 0. The largest absolute Gasteiger partial charge is 0.302 e. The zero-order valence-electron chi connectivity index (χ0n) is 9.83. The van der Waals surface area contributed by atoms with E-state index in [-0.39, 0.29) is 5.91 Å². The first-order valence-corrected chi connectivity index (χ1v) is 6.58. The highest BCUT2D eigenvalue weighted by Crippen LogP contribution is 2.37. The second-order valence-electron chi connectivity index (χ2n) is 4.28. The minimum atomic E-state index is -0.120. The lowest BCUT2D eigenvalue weighted by Crippen LogP contribution is -2.07. The molecule has 0 bridgehead atoms. The van der Waals surface area contributed by atoms with Crippen molar-refractivity contribution >= 4 is 22.4 Å². The molecule has 2 heterocycles. The molecule has 1 fully saturated rings. The second-order valence-corrected chi connectivity index (χ2v) is 5.14. The molecule has 18 heavy (non-hydrogen) atoms. The standard InChI is InChI=1S/C10H12N6OS/c1-6(17)11-10-12-8(5-18-10)4-16-14-9(13-15-16)7-2-3-7/h5,7H,2-4H2,1H3,(H,11,12,17). The highest BCUT2D eigenvalue weighted by molar-refractivity contribution is 7.13. The highest BCUT2D eigenvalue weighted by Gasteiger charge is 2.28. The van der Waals surface area contributed by atoms with Crippen molar-refractivity contribution in [1.29, 1.82) is 0 Å². The molecule has 3 rings (SSSR count). The molecule has 0 unspecified atom stereocenters. The summed E-state index contributed by atoms with van der Waals surface area (Å²) in [5, 5.41) is 17.4. The van der Waals surface area contributed by atoms with Gasteiger partial charge in [-0.15, -0.1) is 21.5 Å². The number of amides is 1. The van der Waals surface area contributed by atoms with Crippen LogP contribution in [-0.2, 0) is 11.3 Å². The summed E-state index contributed by atoms with van der Waals surface area (Å²) in [5.41, 5.74) is 0.823. The molecular formula is C10H12N6OS. The third-order valence-electron chi connectivity index (χ3n) is 2.55. The third-order valence-corrected chi connectivity index (χ3v) is 3.36. The lowest BCUT2D eigenvalue weighted by Gasteiger charge is -1.95. The van der Waals surface area contributed by atoms with Crippen LogP contribution in [0.1, 0.15) is 37.2 Å². The van der Waals surface area contributed by atoms with Gasteiger partial charge >= 0.3 is 0 Å². The molecule has 7 nitrogen and oxygen atoms in total. The molecule has 0 spiro atoms. The summed E-state index contributed by atoms with van der Waals surface area (Å²) in [6.07, 6.45) is 2.32. The predicted octanol–water partition coefficient (Wildman–Crippen LogP) is 1.01. The molecule has 1 saturated carbocycles. The molecule has 1 aliphatic rings. The lowest BCUT2D eigenvalue weighted by molar-refractivity contribution is -0.114. The maximum Gasteiger partial charge on any atom is 0.223 e. The van der Waals surface area contributed by atoms with Crippen LogP contribution in [0.4, 0.5) is 5.13 Å². The van der Waals surface area contributed by atoms with Crippen molar-refractivity contribution in [3.05, 3.63) is 16.9 Å². The van der Waals surface area contributed by atoms with Crippen LogP contribution in [0.5, 0.6) is 0 Å². The fraction of sp³-hybridized carbons (Fsp3) is 0.500. The van der Waals surface area contributed by atoms with Gasteiger partial charge in [-0.1, -0.05) is 0 Å². The van der Waals surface area contributed by atoms with E-state index >= 15 is 0 Å². The van der Waals surface area contributed by atoms with E-state index < -0.39 is 0 Å². The Morgan fingerprint density at radius 3 is 3.17 bits per heavy atom. The molecule has 0 aromatic carbocycles. The number of carbonyl (C=O) groups excluding carboxylic acids is 1. The number of carbonyl (C=O) groups is 1. The minimum absolute atomic E-state index is 0.120. The van der Waals surface area contributed by atoms with Gasteiger partial charge < -0.3 is 5.32 Å². The maximum absolute atomic E-state index is 10.9. The van der Waals surface area contributed by atoms with Crippen molar-refractivity contribution in [2.75, 3.05) is 5.32 Å². The number of anilines is 1. The van der Waals surface area contributed by atoms with Crippen molar-refractivity contribution < 1.29 is 4.79 Å². The summed E-state index contributed by atoms with van der Waals surface area (Å²) in [5.74, 6) is 1.21. The van der Waals surface area contributed by atoms with Gasteiger partial charge in [-0.2, -0.15) is 4.80 Å². The van der Waals surface area contributed by atoms with Crippen molar-refractivity contribution in [3.63, 3.8) is 0 Å². The van der Waals surface area contributed by atoms with Crippen LogP contribution in [0.25, 0.3) is 0 Å². The summed E-state index contributed by atoms with van der Waals surface area (Å²) in [7, 11) is 0. The summed E-state index contributed by atoms with van der Waals surface area (Å²) in [4.78, 5) is 16.7. The van der Waals surface area contributed by atoms with Crippen molar-refractivity contribution in [2.24, 2.45) is 0 Å². The molecule has 0 aliphatic heterocycles. The minimum Gasteiger partial charge on any atom is -0.302 e. The van der Waals surface area contributed by atoms with E-state index in [0.717, 1.165) is 24.4 Å². The summed E-state index contributed by atoms with van der Waals surface area (Å²) < 4.78 is 0. The first kappa shape index (κ1) is 11.3. The molecule has 1 amide bonds. The summed E-state index contributed by atoms with van der Waals surface area (Å²) in [6.45, 7) is 1.94. The van der Waals surface area contributed by atoms with Gasteiger partial charge in [0.15, 0.2) is 11.0 Å². The Bertz CT molecular complexity index is 572. The Labute approximate surface area is 107 Å². The van der Waals surface area contributed by atoms with Crippen LogP contribution in [0.15, 0.2) is 5.38 Å². The van der Waals surface area contributed by atoms with E-state index in [9.17, 15) is 4.79 Å². The number of hydrogen-bond donors (Lipinski definition) is 1. The van der Waals surface area contributed by atoms with Crippen LogP contribution in [0.3, 0.4) is 0 Å². The Kier molecular flexibility index (Phi) is 2.78. The number of tetrazole rings is 1. The van der Waals surface area contributed by atoms with E-state index in [0.29, 0.717) is 17.6 Å². The maximum atomic E-state index is 10.9. The number of nitrogens with one attached hydrogen (secondary N) is 1. The van der Waals surface area contributed by atoms with E-state index in [1.165, 1.54) is 18.3 Å². The van der Waals surface area contributed by atoms with Crippen LogP contribution < -0.4 is 5.32 Å². The fourth-order valence-corrected chi connectivity index (χ4v) is 2.31. The van der Waals surface area contributed by atoms with Gasteiger partial charge in [-0.3, -0.25) is 4.79 Å². The predicted molar refractivity (Wildman–Crippen MR) is 65.3 cm³/mol.